The number of sulfone groups is 1. The number of esters is 1. The molecular weight excluding hydrogens is 450 g/mol. The van der Waals surface area contributed by atoms with Crippen LogP contribution in [0.2, 0.25) is 0 Å². The van der Waals surface area contributed by atoms with E-state index in [9.17, 15) is 26.4 Å². The molecule has 1 aromatic carbocycles. The van der Waals surface area contributed by atoms with Gasteiger partial charge in [0.25, 0.3) is 0 Å². The quantitative estimate of drug-likeness (QED) is 0.347. The summed E-state index contributed by atoms with van der Waals surface area (Å²) in [5.41, 5.74) is 0. The Morgan fingerprint density at radius 1 is 0.933 bits per heavy atom. The van der Waals surface area contributed by atoms with Crippen LogP contribution in [-0.2, 0) is 32.9 Å². The van der Waals surface area contributed by atoms with Crippen molar-refractivity contribution in [3.63, 3.8) is 0 Å². The Bertz CT molecular complexity index is 838. The summed E-state index contributed by atoms with van der Waals surface area (Å²) in [5.74, 6) is -2.12. The van der Waals surface area contributed by atoms with E-state index in [2.05, 4.69) is 9.48 Å². The molecule has 0 N–H and O–H groups in total. The van der Waals surface area contributed by atoms with Crippen molar-refractivity contribution in [1.29, 1.82) is 0 Å². The summed E-state index contributed by atoms with van der Waals surface area (Å²) in [5, 5.41) is 0. The Balaban J connectivity index is 4.13. The van der Waals surface area contributed by atoms with Gasteiger partial charge in [-0.3, -0.25) is 0 Å². The van der Waals surface area contributed by atoms with Crippen LogP contribution < -0.4 is 0 Å². The molecule has 0 aliphatic heterocycles. The lowest BCUT2D eigenvalue weighted by Crippen LogP contribution is -2.57. The van der Waals surface area contributed by atoms with E-state index in [-0.39, 0.29) is 19.8 Å². The van der Waals surface area contributed by atoms with Gasteiger partial charge < -0.3 is 18.3 Å². The zero-order chi connectivity index (χ0) is 23.1. The maximum Gasteiger partial charge on any atom is 0.439 e. The van der Waals surface area contributed by atoms with Gasteiger partial charge in [0.15, 0.2) is 0 Å². The van der Waals surface area contributed by atoms with E-state index in [1.807, 2.05) is 0 Å². The summed E-state index contributed by atoms with van der Waals surface area (Å²) in [7, 11) is -9.79. The maximum atomic E-state index is 14.5. The standard InChI is InChI=1S/C17H25F3NO7PS/c1-5-25-15(22)16(17(18,19)20,30(23,24)14-12-10-9-11-13-14)21-29(26-6-2,27-7-3)28-8-4/h9-13H,5-8H2,1-4H3. The van der Waals surface area contributed by atoms with E-state index in [4.69, 9.17) is 13.6 Å². The van der Waals surface area contributed by atoms with Gasteiger partial charge in [0.05, 0.1) is 31.3 Å². The van der Waals surface area contributed by atoms with E-state index >= 15 is 0 Å². The van der Waals surface area contributed by atoms with Gasteiger partial charge in [0.1, 0.15) is 0 Å². The third-order valence-electron chi connectivity index (χ3n) is 3.52. The monoisotopic (exact) mass is 475 g/mol. The Morgan fingerprint density at radius 2 is 1.40 bits per heavy atom. The van der Waals surface area contributed by atoms with Gasteiger partial charge in [-0.2, -0.15) is 17.9 Å². The Labute approximate surface area is 173 Å². The molecule has 1 aromatic rings. The van der Waals surface area contributed by atoms with Gasteiger partial charge in [-0.05, 0) is 39.8 Å². The first-order valence-electron chi connectivity index (χ1n) is 9.08. The summed E-state index contributed by atoms with van der Waals surface area (Å²) in [6.45, 7) is 4.41. The number of carbonyl (C=O) groups excluding carboxylic acids is 1. The summed E-state index contributed by atoms with van der Waals surface area (Å²) < 4.78 is 93.6. The zero-order valence-corrected chi connectivity index (χ0v) is 18.7. The fourth-order valence-electron chi connectivity index (χ4n) is 2.39. The summed E-state index contributed by atoms with van der Waals surface area (Å²) in [6, 6.07) is 5.69. The van der Waals surface area contributed by atoms with E-state index in [0.717, 1.165) is 12.1 Å². The minimum Gasteiger partial charge on any atom is -0.463 e. The van der Waals surface area contributed by atoms with Crippen LogP contribution in [0.1, 0.15) is 27.7 Å². The van der Waals surface area contributed by atoms with Crippen LogP contribution in [-0.4, -0.2) is 51.9 Å². The predicted molar refractivity (Wildman–Crippen MR) is 103 cm³/mol. The number of benzene rings is 1. The SMILES string of the molecule is CCOC(=O)C(N=P(OCC)(OCC)OCC)(C(F)(F)F)S(=O)(=O)c1ccccc1. The van der Waals surface area contributed by atoms with Crippen molar-refractivity contribution in [3.05, 3.63) is 30.3 Å². The van der Waals surface area contributed by atoms with Crippen molar-refractivity contribution in [2.24, 2.45) is 4.74 Å². The molecule has 1 rings (SSSR count). The third kappa shape index (κ3) is 5.23. The molecule has 0 spiro atoms. The molecule has 0 radical (unpaired) electrons. The highest BCUT2D eigenvalue weighted by Crippen LogP contribution is 2.58. The molecule has 13 heteroatoms. The van der Waals surface area contributed by atoms with Crippen LogP contribution in [0.15, 0.2) is 40.0 Å². The molecule has 8 nitrogen and oxygen atoms in total. The Morgan fingerprint density at radius 3 is 1.77 bits per heavy atom. The lowest BCUT2D eigenvalue weighted by molar-refractivity contribution is -0.187. The smallest absolute Gasteiger partial charge is 0.439 e. The molecule has 0 aromatic heterocycles. The largest absolute Gasteiger partial charge is 0.463 e. The van der Waals surface area contributed by atoms with Gasteiger partial charge in [0.2, 0.25) is 9.84 Å². The normalized spacial score (nSPS) is 14.8. The number of hydrogen-bond donors (Lipinski definition) is 0. The van der Waals surface area contributed by atoms with Crippen LogP contribution in [0, 0.1) is 0 Å². The fourth-order valence-corrected chi connectivity index (χ4v) is 6.47. The van der Waals surface area contributed by atoms with Crippen LogP contribution in [0.25, 0.3) is 0 Å². The van der Waals surface area contributed by atoms with Crippen molar-refractivity contribution in [3.8, 4) is 0 Å². The minimum atomic E-state index is -5.72. The summed E-state index contributed by atoms with van der Waals surface area (Å²) in [4.78, 5) is 7.53. The van der Waals surface area contributed by atoms with Gasteiger partial charge in [0, 0.05) is 0 Å². The number of rotatable bonds is 11. The second kappa shape index (κ2) is 10.7. The number of carbonyl (C=O) groups is 1. The highest BCUT2D eigenvalue weighted by molar-refractivity contribution is 7.93. The number of ether oxygens (including phenoxy) is 1. The second-order valence-corrected chi connectivity index (χ2v) is 9.48. The first-order chi connectivity index (χ1) is 14.0. The van der Waals surface area contributed by atoms with Gasteiger partial charge in [-0.1, -0.05) is 18.2 Å². The Hall–Kier alpha value is -1.46. The zero-order valence-electron chi connectivity index (χ0n) is 17.0. The Kier molecular flexibility index (Phi) is 9.50. The van der Waals surface area contributed by atoms with E-state index < -0.39 is 46.1 Å². The minimum absolute atomic E-state index is 0.209. The first kappa shape index (κ1) is 26.6. The van der Waals surface area contributed by atoms with Crippen LogP contribution in [0.5, 0.6) is 0 Å². The molecule has 0 aliphatic rings. The second-order valence-electron chi connectivity index (χ2n) is 5.50. The number of halogens is 3. The molecule has 0 aliphatic carbocycles. The van der Waals surface area contributed by atoms with Gasteiger partial charge >= 0.3 is 24.8 Å². The highest BCUT2D eigenvalue weighted by atomic mass is 32.2. The molecule has 1 unspecified atom stereocenters. The number of alkyl halides is 3. The summed E-state index contributed by atoms with van der Waals surface area (Å²) in [6.07, 6.45) is -5.72. The molecule has 0 fully saturated rings. The molecule has 172 valence electrons. The first-order valence-corrected chi connectivity index (χ1v) is 12.1. The van der Waals surface area contributed by atoms with Crippen LogP contribution in [0.4, 0.5) is 13.2 Å². The lowest BCUT2D eigenvalue weighted by Gasteiger charge is -2.32. The van der Waals surface area contributed by atoms with E-state index in [1.54, 1.807) is 0 Å². The molecule has 0 saturated carbocycles. The molecule has 0 bridgehead atoms. The summed E-state index contributed by atoms with van der Waals surface area (Å²) >= 11 is 0. The average Bonchev–Trinajstić information content (AvgIpc) is 2.66. The maximum absolute atomic E-state index is 14.5. The van der Waals surface area contributed by atoms with Crippen molar-refractivity contribution < 1.29 is 44.7 Å². The molecule has 0 amide bonds. The third-order valence-corrected chi connectivity index (χ3v) is 8.11. The molecule has 0 saturated heterocycles. The highest BCUT2D eigenvalue weighted by Gasteiger charge is 2.73. The van der Waals surface area contributed by atoms with E-state index in [1.165, 1.54) is 45.9 Å². The van der Waals surface area contributed by atoms with Crippen molar-refractivity contribution in [1.82, 2.24) is 0 Å². The van der Waals surface area contributed by atoms with E-state index in [0.29, 0.717) is 0 Å². The molecule has 30 heavy (non-hydrogen) atoms. The molecular formula is C17H25F3NO7PS. The lowest BCUT2D eigenvalue weighted by atomic mass is 10.3. The predicted octanol–water partition coefficient (Wildman–Crippen LogP) is 4.34. The van der Waals surface area contributed by atoms with Gasteiger partial charge in [-0.25, -0.2) is 13.2 Å². The van der Waals surface area contributed by atoms with Gasteiger partial charge in [-0.15, -0.1) is 0 Å². The van der Waals surface area contributed by atoms with Crippen molar-refractivity contribution in [2.45, 2.75) is 43.6 Å². The molecule has 0 heterocycles. The number of nitrogens with zero attached hydrogens (tertiary/aromatic N) is 1. The van der Waals surface area contributed by atoms with Crippen LogP contribution >= 0.6 is 7.74 Å². The fraction of sp³-hybridized carbons (Fsp3) is 0.588. The number of hydrogen-bond acceptors (Lipinski definition) is 8. The average molecular weight is 475 g/mol. The molecule has 1 atom stereocenters. The van der Waals surface area contributed by atoms with Crippen LogP contribution in [0.3, 0.4) is 0 Å². The van der Waals surface area contributed by atoms with Crippen molar-refractivity contribution in [2.75, 3.05) is 26.4 Å². The topological polar surface area (TPSA) is 100 Å². The van der Waals surface area contributed by atoms with Crippen molar-refractivity contribution >= 4 is 23.5 Å².